The minimum Gasteiger partial charge on any atom is -0.457 e. The van der Waals surface area contributed by atoms with Crippen LogP contribution in [0.5, 0.6) is 11.5 Å². The molecule has 2 rings (SSSR count). The first kappa shape index (κ1) is 19.2. The van der Waals surface area contributed by atoms with Crippen molar-refractivity contribution >= 4 is 5.69 Å². The van der Waals surface area contributed by atoms with Gasteiger partial charge in [-0.1, -0.05) is 12.1 Å². The summed E-state index contributed by atoms with van der Waals surface area (Å²) in [5.74, 6) is -5.24. The zero-order chi connectivity index (χ0) is 21.5. The molecule has 2 aromatic carbocycles. The molecule has 2 aromatic rings. The molecule has 0 aliphatic carbocycles. The smallest absolute Gasteiger partial charge is 0.420 e. The summed E-state index contributed by atoms with van der Waals surface area (Å²) < 4.78 is 128. The fourth-order valence-corrected chi connectivity index (χ4v) is 2.19. The topological polar surface area (TPSA) is 35.2 Å². The van der Waals surface area contributed by atoms with Crippen molar-refractivity contribution in [2.45, 2.75) is 24.4 Å². The quantitative estimate of drug-likeness (QED) is 0.482. The van der Waals surface area contributed by atoms with Crippen molar-refractivity contribution in [3.05, 3.63) is 53.6 Å². The Morgan fingerprint density at radius 1 is 0.852 bits per heavy atom. The van der Waals surface area contributed by atoms with Crippen molar-refractivity contribution < 1.29 is 45.6 Å². The average molecular weight is 404 g/mol. The number of hydrogen-bond acceptors (Lipinski definition) is 2. The molecule has 0 aliphatic rings. The summed E-state index contributed by atoms with van der Waals surface area (Å²) in [6, 6.07) is 2.68. The number of halogens is 9. The Kier molecular flexibility index (Phi) is 4.87. The van der Waals surface area contributed by atoms with Gasteiger partial charge in [0, 0.05) is 5.69 Å². The number of alkyl halides is 9. The molecule has 0 heterocycles. The average Bonchev–Trinajstić information content (AvgIpc) is 2.48. The highest BCUT2D eigenvalue weighted by Gasteiger charge is 2.57. The van der Waals surface area contributed by atoms with E-state index in [4.69, 9.17) is 11.8 Å². The minimum absolute atomic E-state index is 0.241. The van der Waals surface area contributed by atoms with Crippen LogP contribution in [0.2, 0.25) is 0 Å². The van der Waals surface area contributed by atoms with Gasteiger partial charge in [-0.2, -0.15) is 39.5 Å². The second kappa shape index (κ2) is 6.86. The lowest BCUT2D eigenvalue weighted by Crippen LogP contribution is -2.34. The molecule has 2 nitrogen and oxygen atoms in total. The fourth-order valence-electron chi connectivity index (χ4n) is 2.19. The van der Waals surface area contributed by atoms with E-state index in [9.17, 15) is 39.5 Å². The van der Waals surface area contributed by atoms with Crippen molar-refractivity contribution in [1.29, 1.82) is 0 Å². The Bertz CT molecular complexity index is 845. The summed E-state index contributed by atoms with van der Waals surface area (Å²) in [6.07, 6.45) is -16.3. The molecule has 0 unspecified atom stereocenters. The molecule has 11 heteroatoms. The number of ether oxygens (including phenoxy) is 1. The lowest BCUT2D eigenvalue weighted by Gasteiger charge is -2.23. The molecular formula is C16H10F9NO. The standard InChI is InChI=1S/C16H10F9NO/c17-14(18,19)11-7-9(26)3-6-12(11)27-10-4-1-8(2-5-10)13(15(20,21)22)16(23,24)25/h1-7,13H,26H2/i1D. The van der Waals surface area contributed by atoms with E-state index in [1.807, 2.05) is 0 Å². The molecule has 0 aromatic heterocycles. The number of hydrogen-bond donors (Lipinski definition) is 1. The Balaban J connectivity index is 2.44. The van der Waals surface area contributed by atoms with E-state index in [1.165, 1.54) is 0 Å². The van der Waals surface area contributed by atoms with Gasteiger partial charge >= 0.3 is 18.5 Å². The fraction of sp³-hybridized carbons (Fsp3) is 0.250. The highest BCUT2D eigenvalue weighted by atomic mass is 19.4. The molecule has 0 aliphatic heterocycles. The van der Waals surface area contributed by atoms with Crippen LogP contribution in [0.4, 0.5) is 45.2 Å². The van der Waals surface area contributed by atoms with Crippen LogP contribution in [0.25, 0.3) is 0 Å². The van der Waals surface area contributed by atoms with Gasteiger partial charge in [0.15, 0.2) is 5.92 Å². The molecule has 0 spiro atoms. The van der Waals surface area contributed by atoms with Gasteiger partial charge in [-0.3, -0.25) is 0 Å². The van der Waals surface area contributed by atoms with Crippen molar-refractivity contribution in [3.8, 4) is 11.5 Å². The van der Waals surface area contributed by atoms with Gasteiger partial charge in [-0.05, 0) is 35.9 Å². The van der Waals surface area contributed by atoms with E-state index < -0.39 is 53.1 Å². The predicted octanol–water partition coefficient (Wildman–Crippen LogP) is 6.29. The highest BCUT2D eigenvalue weighted by molar-refractivity contribution is 5.50. The SMILES string of the molecule is [2H]c1cc(Oc2ccc(N)cc2C(F)(F)F)ccc1C(C(F)(F)F)C(F)(F)F. The van der Waals surface area contributed by atoms with Crippen molar-refractivity contribution in [1.82, 2.24) is 0 Å². The van der Waals surface area contributed by atoms with E-state index in [0.29, 0.717) is 24.3 Å². The summed E-state index contributed by atoms with van der Waals surface area (Å²) in [5, 5.41) is 0. The normalized spacial score (nSPS) is 13.6. The molecule has 0 radical (unpaired) electrons. The second-order valence-electron chi connectivity index (χ2n) is 5.35. The van der Waals surface area contributed by atoms with Crippen LogP contribution >= 0.6 is 0 Å². The number of benzene rings is 2. The zero-order valence-corrected chi connectivity index (χ0v) is 12.9. The maximum atomic E-state index is 13.0. The number of nitrogens with two attached hydrogens (primary N) is 1. The summed E-state index contributed by atoms with van der Waals surface area (Å²) in [7, 11) is 0. The summed E-state index contributed by atoms with van der Waals surface area (Å²) in [5.41, 5.74) is 2.33. The molecule has 0 fully saturated rings. The van der Waals surface area contributed by atoms with Gasteiger partial charge in [0.1, 0.15) is 17.1 Å². The second-order valence-corrected chi connectivity index (χ2v) is 5.35. The van der Waals surface area contributed by atoms with E-state index in [1.54, 1.807) is 0 Å². The molecule has 0 atom stereocenters. The summed E-state index contributed by atoms with van der Waals surface area (Å²) >= 11 is 0. The van der Waals surface area contributed by atoms with Crippen LogP contribution in [0, 0.1) is 0 Å². The maximum absolute atomic E-state index is 13.0. The van der Waals surface area contributed by atoms with Crippen LogP contribution in [0.1, 0.15) is 18.4 Å². The lowest BCUT2D eigenvalue weighted by molar-refractivity contribution is -0.253. The van der Waals surface area contributed by atoms with Gasteiger partial charge < -0.3 is 10.5 Å². The molecule has 148 valence electrons. The van der Waals surface area contributed by atoms with Gasteiger partial charge in [-0.25, -0.2) is 0 Å². The Morgan fingerprint density at radius 3 is 1.93 bits per heavy atom. The van der Waals surface area contributed by atoms with Crippen LogP contribution in [-0.2, 0) is 6.18 Å². The van der Waals surface area contributed by atoms with Crippen molar-refractivity contribution in [3.63, 3.8) is 0 Å². The summed E-state index contributed by atoms with van der Waals surface area (Å²) in [4.78, 5) is 0. The molecule has 0 saturated heterocycles. The predicted molar refractivity (Wildman–Crippen MR) is 77.2 cm³/mol. The highest BCUT2D eigenvalue weighted by Crippen LogP contribution is 2.47. The van der Waals surface area contributed by atoms with Crippen LogP contribution in [-0.4, -0.2) is 12.4 Å². The van der Waals surface area contributed by atoms with Crippen molar-refractivity contribution in [2.75, 3.05) is 5.73 Å². The third-order valence-electron chi connectivity index (χ3n) is 3.31. The lowest BCUT2D eigenvalue weighted by atomic mass is 9.98. The molecule has 2 N–H and O–H groups in total. The molecule has 27 heavy (non-hydrogen) atoms. The van der Waals surface area contributed by atoms with Crippen LogP contribution in [0.15, 0.2) is 42.4 Å². The van der Waals surface area contributed by atoms with Crippen LogP contribution in [0.3, 0.4) is 0 Å². The summed E-state index contributed by atoms with van der Waals surface area (Å²) in [6.45, 7) is 0. The van der Waals surface area contributed by atoms with Gasteiger partial charge in [0.05, 0.1) is 1.37 Å². The van der Waals surface area contributed by atoms with Gasteiger partial charge in [-0.15, -0.1) is 0 Å². The third kappa shape index (κ3) is 4.98. The first-order valence-electron chi connectivity index (χ1n) is 7.49. The number of nitrogen functional groups attached to an aromatic ring is 1. The van der Waals surface area contributed by atoms with Gasteiger partial charge in [0.25, 0.3) is 0 Å². The monoisotopic (exact) mass is 404 g/mol. The maximum Gasteiger partial charge on any atom is 0.420 e. The minimum atomic E-state index is -5.71. The van der Waals surface area contributed by atoms with Crippen molar-refractivity contribution in [2.24, 2.45) is 0 Å². The first-order chi connectivity index (χ1) is 12.6. The molecule has 0 saturated carbocycles. The van der Waals surface area contributed by atoms with Crippen LogP contribution < -0.4 is 10.5 Å². The van der Waals surface area contributed by atoms with E-state index in [2.05, 4.69) is 0 Å². The van der Waals surface area contributed by atoms with E-state index in [-0.39, 0.29) is 5.69 Å². The zero-order valence-electron chi connectivity index (χ0n) is 13.9. The van der Waals surface area contributed by atoms with Gasteiger partial charge in [0.2, 0.25) is 0 Å². The molecular weight excluding hydrogens is 393 g/mol. The Hall–Kier alpha value is -2.59. The first-order valence-corrected chi connectivity index (χ1v) is 6.99. The number of anilines is 1. The van der Waals surface area contributed by atoms with E-state index >= 15 is 0 Å². The molecule has 0 amide bonds. The number of rotatable bonds is 3. The largest absolute Gasteiger partial charge is 0.457 e. The molecule has 0 bridgehead atoms. The van der Waals surface area contributed by atoms with E-state index in [0.717, 1.165) is 12.1 Å². The third-order valence-corrected chi connectivity index (χ3v) is 3.31. The Morgan fingerprint density at radius 2 is 1.44 bits per heavy atom. The Labute approximate surface area is 147 Å².